The molecule has 0 radical (unpaired) electrons. The fourth-order valence-electron chi connectivity index (χ4n) is 5.31. The topological polar surface area (TPSA) is 67.4 Å². The highest BCUT2D eigenvalue weighted by atomic mass is 16.5. The molecule has 164 valence electrons. The third-order valence-electron chi connectivity index (χ3n) is 7.20. The minimum Gasteiger partial charge on any atom is -0.381 e. The summed E-state index contributed by atoms with van der Waals surface area (Å²) < 4.78 is 5.57. The quantitative estimate of drug-likeness (QED) is 0.699. The summed E-state index contributed by atoms with van der Waals surface area (Å²) in [4.78, 5) is 26.4. The van der Waals surface area contributed by atoms with Crippen LogP contribution in [-0.2, 0) is 14.3 Å². The first kappa shape index (κ1) is 22.3. The molecule has 0 aromatic heterocycles. The molecule has 2 unspecified atom stereocenters. The first-order chi connectivity index (χ1) is 14.0. The Morgan fingerprint density at radius 1 is 1.10 bits per heavy atom. The predicted molar refractivity (Wildman–Crippen MR) is 115 cm³/mol. The number of allylic oxidation sites excluding steroid dienone is 2. The Morgan fingerprint density at radius 3 is 2.52 bits per heavy atom. The highest BCUT2D eigenvalue weighted by molar-refractivity contribution is 5.83. The van der Waals surface area contributed by atoms with E-state index in [4.69, 9.17) is 4.74 Å². The van der Waals surface area contributed by atoms with Crippen LogP contribution in [0.2, 0.25) is 0 Å². The summed E-state index contributed by atoms with van der Waals surface area (Å²) >= 11 is 0. The summed E-state index contributed by atoms with van der Waals surface area (Å²) in [6, 6.07) is 0.0399. The molecule has 2 aliphatic heterocycles. The molecule has 2 heterocycles. The van der Waals surface area contributed by atoms with Gasteiger partial charge in [-0.25, -0.2) is 0 Å². The van der Waals surface area contributed by atoms with Gasteiger partial charge >= 0.3 is 0 Å². The van der Waals surface area contributed by atoms with Crippen LogP contribution in [0.5, 0.6) is 0 Å². The van der Waals surface area contributed by atoms with Crippen LogP contribution in [0.3, 0.4) is 0 Å². The number of amides is 2. The molecular weight excluding hydrogens is 364 g/mol. The van der Waals surface area contributed by atoms with Crippen molar-refractivity contribution in [3.8, 4) is 0 Å². The highest BCUT2D eigenvalue weighted by Gasteiger charge is 2.41. The van der Waals surface area contributed by atoms with Gasteiger partial charge in [0.1, 0.15) is 0 Å². The van der Waals surface area contributed by atoms with Gasteiger partial charge in [-0.3, -0.25) is 9.59 Å². The van der Waals surface area contributed by atoms with Crippen molar-refractivity contribution in [1.82, 2.24) is 10.6 Å². The number of ether oxygens (including phenoxy) is 1. The van der Waals surface area contributed by atoms with Gasteiger partial charge in [0.05, 0.1) is 5.41 Å². The molecule has 0 bridgehead atoms. The van der Waals surface area contributed by atoms with Crippen molar-refractivity contribution >= 4 is 11.8 Å². The van der Waals surface area contributed by atoms with Crippen molar-refractivity contribution in [3.63, 3.8) is 0 Å². The lowest BCUT2D eigenvalue weighted by Crippen LogP contribution is -2.53. The van der Waals surface area contributed by atoms with Crippen molar-refractivity contribution in [2.75, 3.05) is 19.8 Å². The molecule has 3 aliphatic rings. The fraction of sp³-hybridized carbons (Fsp3) is 0.833. The predicted octanol–water partition coefficient (Wildman–Crippen LogP) is 3.98. The molecule has 2 fully saturated rings. The highest BCUT2D eigenvalue weighted by Crippen LogP contribution is 2.36. The lowest BCUT2D eigenvalue weighted by molar-refractivity contribution is -0.138. The van der Waals surface area contributed by atoms with Crippen LogP contribution in [0.25, 0.3) is 0 Å². The van der Waals surface area contributed by atoms with E-state index in [0.717, 1.165) is 51.4 Å². The molecule has 5 heteroatoms. The summed E-state index contributed by atoms with van der Waals surface area (Å²) in [5, 5.41) is 6.60. The minimum atomic E-state index is -0.360. The molecule has 2 N–H and O–H groups in total. The van der Waals surface area contributed by atoms with Gasteiger partial charge in [0.25, 0.3) is 0 Å². The van der Waals surface area contributed by atoms with E-state index >= 15 is 0 Å². The van der Waals surface area contributed by atoms with Crippen molar-refractivity contribution < 1.29 is 14.3 Å². The molecule has 2 amide bonds. The second-order valence-electron chi connectivity index (χ2n) is 9.84. The van der Waals surface area contributed by atoms with Crippen molar-refractivity contribution in [3.05, 3.63) is 12.2 Å². The van der Waals surface area contributed by atoms with Crippen LogP contribution in [-0.4, -0.2) is 37.6 Å². The van der Waals surface area contributed by atoms with Crippen molar-refractivity contribution in [2.45, 2.75) is 84.1 Å². The van der Waals surface area contributed by atoms with E-state index in [9.17, 15) is 9.59 Å². The average molecular weight is 405 g/mol. The lowest BCUT2D eigenvalue weighted by Gasteiger charge is -2.37. The maximum atomic E-state index is 13.4. The zero-order valence-corrected chi connectivity index (χ0v) is 18.4. The van der Waals surface area contributed by atoms with Gasteiger partial charge in [-0.2, -0.15) is 0 Å². The lowest BCUT2D eigenvalue weighted by atomic mass is 9.75. The number of carbonyl (C=O) groups excluding carboxylic acids is 2. The maximum absolute atomic E-state index is 13.4. The summed E-state index contributed by atoms with van der Waals surface area (Å²) in [5.41, 5.74) is -0.360. The summed E-state index contributed by atoms with van der Waals surface area (Å²) in [6.07, 6.45) is 14.1. The molecule has 0 aromatic rings. The van der Waals surface area contributed by atoms with Gasteiger partial charge in [-0.05, 0) is 63.2 Å². The molecule has 5 nitrogen and oxygen atoms in total. The summed E-state index contributed by atoms with van der Waals surface area (Å²) in [6.45, 7) is 6.23. The van der Waals surface area contributed by atoms with Crippen molar-refractivity contribution in [2.24, 2.45) is 23.2 Å². The van der Waals surface area contributed by atoms with Crippen LogP contribution < -0.4 is 10.6 Å². The Morgan fingerprint density at radius 2 is 1.83 bits per heavy atom. The molecular formula is C24H40N2O3. The van der Waals surface area contributed by atoms with Gasteiger partial charge in [-0.15, -0.1) is 0 Å². The van der Waals surface area contributed by atoms with E-state index in [0.29, 0.717) is 31.6 Å². The molecule has 3 rings (SSSR count). The third kappa shape index (κ3) is 6.07. The zero-order chi connectivity index (χ0) is 20.7. The zero-order valence-electron chi connectivity index (χ0n) is 18.4. The van der Waals surface area contributed by atoms with E-state index in [1.165, 1.54) is 12.8 Å². The fourth-order valence-corrected chi connectivity index (χ4v) is 5.31. The van der Waals surface area contributed by atoms with Crippen LogP contribution in [0, 0.1) is 23.2 Å². The molecule has 29 heavy (non-hydrogen) atoms. The van der Waals surface area contributed by atoms with E-state index in [-0.39, 0.29) is 29.2 Å². The smallest absolute Gasteiger partial charge is 0.226 e. The van der Waals surface area contributed by atoms with Gasteiger partial charge < -0.3 is 15.4 Å². The van der Waals surface area contributed by atoms with Gasteiger partial charge in [0, 0.05) is 31.7 Å². The normalized spacial score (nSPS) is 30.9. The second kappa shape index (κ2) is 10.6. The first-order valence-electron chi connectivity index (χ1n) is 11.8. The number of nitrogens with one attached hydrogen (secondary N) is 2. The van der Waals surface area contributed by atoms with Crippen LogP contribution in [0.4, 0.5) is 0 Å². The molecule has 1 saturated heterocycles. The Balaban J connectivity index is 1.79. The Labute approximate surface area is 176 Å². The average Bonchev–Trinajstić information content (AvgIpc) is 3.24. The Hall–Kier alpha value is -1.36. The second-order valence-corrected chi connectivity index (χ2v) is 9.84. The van der Waals surface area contributed by atoms with Crippen LogP contribution >= 0.6 is 0 Å². The standard InChI is InChI=1S/C24H40N2O3/c1-18(2)16-20-10-4-3-7-11-24(12-14-29-15-13-24)23(28)26-21(17-25-22(20)27)19-8-5-6-9-19/h3,7,18-21H,4-6,8-17H2,1-2H3,(H,25,27)(H,26,28)/b7-3+. The first-order valence-corrected chi connectivity index (χ1v) is 11.8. The summed E-state index contributed by atoms with van der Waals surface area (Å²) in [5.74, 6) is 1.35. The van der Waals surface area contributed by atoms with Gasteiger partial charge in [-0.1, -0.05) is 38.8 Å². The van der Waals surface area contributed by atoms with Crippen LogP contribution in [0.1, 0.15) is 78.1 Å². The monoisotopic (exact) mass is 404 g/mol. The number of hydrogen-bond acceptors (Lipinski definition) is 3. The van der Waals surface area contributed by atoms with Crippen molar-refractivity contribution in [1.29, 1.82) is 0 Å². The van der Waals surface area contributed by atoms with Gasteiger partial charge in [0.2, 0.25) is 11.8 Å². The SMILES string of the molecule is CC(C)CC1CC/C=C/CC2(CCOCC2)C(=O)NC(C2CCCC2)CNC1=O. The number of rotatable bonds is 3. The number of hydrogen-bond donors (Lipinski definition) is 2. The summed E-state index contributed by atoms with van der Waals surface area (Å²) in [7, 11) is 0. The maximum Gasteiger partial charge on any atom is 0.226 e. The van der Waals surface area contributed by atoms with E-state index < -0.39 is 0 Å². The van der Waals surface area contributed by atoms with E-state index in [1.807, 2.05) is 0 Å². The van der Waals surface area contributed by atoms with E-state index in [2.05, 4.69) is 36.6 Å². The molecule has 1 spiro atoms. The Bertz CT molecular complexity index is 575. The van der Waals surface area contributed by atoms with E-state index in [1.54, 1.807) is 0 Å². The van der Waals surface area contributed by atoms with Gasteiger partial charge in [0.15, 0.2) is 0 Å². The molecule has 1 saturated carbocycles. The molecule has 1 aliphatic carbocycles. The Kier molecular flexibility index (Phi) is 8.16. The number of carbonyl (C=O) groups is 2. The minimum absolute atomic E-state index is 0.0399. The third-order valence-corrected chi connectivity index (χ3v) is 7.20. The van der Waals surface area contributed by atoms with Crippen LogP contribution in [0.15, 0.2) is 12.2 Å². The largest absolute Gasteiger partial charge is 0.381 e. The molecule has 0 aromatic carbocycles. The molecule has 2 atom stereocenters.